The van der Waals surface area contributed by atoms with Crippen LogP contribution < -0.4 is 16.2 Å². The zero-order valence-electron chi connectivity index (χ0n) is 25.7. The molecule has 1 saturated carbocycles. The van der Waals surface area contributed by atoms with Crippen molar-refractivity contribution < 1.29 is 23.6 Å². The van der Waals surface area contributed by atoms with Gasteiger partial charge in [0.05, 0.1) is 5.69 Å². The number of rotatable bonds is 12. The number of carbonyl (C=O) groups excluding carboxylic acids is 4. The van der Waals surface area contributed by atoms with Crippen LogP contribution in [0.5, 0.6) is 0 Å². The maximum atomic E-state index is 15.4. The number of amides is 3. The Hall–Kier alpha value is -3.86. The number of Topliss-reactive ketones (excluding diaryl/α,β-unsaturated/α-hetero) is 1. The van der Waals surface area contributed by atoms with Crippen molar-refractivity contribution in [2.24, 2.45) is 11.8 Å². The zero-order valence-corrected chi connectivity index (χ0v) is 25.7. The molecular weight excluding hydrogens is 565 g/mol. The van der Waals surface area contributed by atoms with Crippen LogP contribution in [0.2, 0.25) is 0 Å². The van der Waals surface area contributed by atoms with Crippen molar-refractivity contribution in [2.45, 2.75) is 70.8 Å². The summed E-state index contributed by atoms with van der Waals surface area (Å²) in [5.74, 6) is -2.19. The van der Waals surface area contributed by atoms with Gasteiger partial charge in [-0.05, 0) is 49.1 Å². The first-order chi connectivity index (χ1) is 21.1. The summed E-state index contributed by atoms with van der Waals surface area (Å²) in [6.45, 7) is 4.31. The predicted molar refractivity (Wildman–Crippen MR) is 165 cm³/mol. The lowest BCUT2D eigenvalue weighted by Gasteiger charge is -2.34. The molecule has 0 bridgehead atoms. The molecule has 2 atom stereocenters. The maximum absolute atomic E-state index is 15.4. The molecule has 1 aliphatic heterocycles. The van der Waals surface area contributed by atoms with E-state index in [0.717, 1.165) is 45.2 Å². The Labute approximate surface area is 257 Å². The number of piperazine rings is 1. The fraction of sp³-hybridized carbons (Fsp3) is 0.545. The molecule has 0 unspecified atom stereocenters. The third-order valence-corrected chi connectivity index (χ3v) is 8.75. The van der Waals surface area contributed by atoms with Gasteiger partial charge in [-0.2, -0.15) is 0 Å². The lowest BCUT2D eigenvalue weighted by molar-refractivity contribution is -0.137. The second kappa shape index (κ2) is 15.7. The highest BCUT2D eigenvalue weighted by Gasteiger charge is 2.32. The average molecular weight is 610 g/mol. The van der Waals surface area contributed by atoms with Crippen LogP contribution in [0.25, 0.3) is 0 Å². The van der Waals surface area contributed by atoms with E-state index in [2.05, 4.69) is 20.5 Å². The van der Waals surface area contributed by atoms with Gasteiger partial charge in [-0.15, -0.1) is 0 Å². The molecule has 2 fully saturated rings. The van der Waals surface area contributed by atoms with Gasteiger partial charge in [-0.25, -0.2) is 4.39 Å². The smallest absolute Gasteiger partial charge is 0.247 e. The molecule has 2 heterocycles. The number of ketones is 1. The van der Waals surface area contributed by atoms with Crippen molar-refractivity contribution >= 4 is 29.2 Å². The summed E-state index contributed by atoms with van der Waals surface area (Å²) in [7, 11) is 1.99. The van der Waals surface area contributed by atoms with Crippen LogP contribution in [-0.2, 0) is 32.0 Å². The molecular formula is C33H44FN5O5. The molecule has 0 spiro atoms. The molecule has 1 aromatic heterocycles. The number of nitrogens with zero attached hydrogens (tertiary/aromatic N) is 2. The third-order valence-electron chi connectivity index (χ3n) is 8.75. The van der Waals surface area contributed by atoms with Gasteiger partial charge in [0.2, 0.25) is 23.3 Å². The molecule has 3 N–H and O–H groups in total. The lowest BCUT2D eigenvalue weighted by Crippen LogP contribution is -2.54. The Balaban J connectivity index is 1.44. The fourth-order valence-corrected chi connectivity index (χ4v) is 6.10. The number of aromatic amines is 1. The Bertz CT molecular complexity index is 1360. The quantitative estimate of drug-likeness (QED) is 0.339. The highest BCUT2D eigenvalue weighted by molar-refractivity contribution is 5.96. The number of anilines is 1. The van der Waals surface area contributed by atoms with E-state index in [4.69, 9.17) is 0 Å². The van der Waals surface area contributed by atoms with E-state index in [1.165, 1.54) is 24.4 Å². The minimum absolute atomic E-state index is 0.00665. The molecule has 4 rings (SSSR count). The molecule has 11 heteroatoms. The minimum atomic E-state index is -0.824. The van der Waals surface area contributed by atoms with E-state index in [1.54, 1.807) is 24.0 Å². The standard InChI is InChI=1S/C33H44FN5O5/c1-3-30(41)36-29(33(44)39-15-13-38(2)14-16-39)19-22-9-11-28(27(34)18-22)37-32(43)26(24-7-5-4-6-8-24)20-25(40)17-23-10-12-31(42)35-21-23/h9-12,18,21,24,26,29H,3-8,13-17,19-20H2,1-2H3,(H,35,42)(H,36,41)(H,37,43)/t26-,29+/m0/s1. The number of hydrogen-bond donors (Lipinski definition) is 3. The third kappa shape index (κ3) is 9.32. The van der Waals surface area contributed by atoms with Crippen LogP contribution in [0.3, 0.4) is 0 Å². The van der Waals surface area contributed by atoms with E-state index in [9.17, 15) is 24.0 Å². The van der Waals surface area contributed by atoms with Crippen LogP contribution in [0.1, 0.15) is 63.0 Å². The van der Waals surface area contributed by atoms with E-state index in [-0.39, 0.29) is 60.4 Å². The first-order valence-corrected chi connectivity index (χ1v) is 15.7. The van der Waals surface area contributed by atoms with Crippen molar-refractivity contribution in [3.8, 4) is 0 Å². The van der Waals surface area contributed by atoms with Crippen molar-refractivity contribution in [3.63, 3.8) is 0 Å². The monoisotopic (exact) mass is 609 g/mol. The molecule has 2 aliphatic rings. The summed E-state index contributed by atoms with van der Waals surface area (Å²) in [6.07, 6.45) is 6.68. The summed E-state index contributed by atoms with van der Waals surface area (Å²) >= 11 is 0. The maximum Gasteiger partial charge on any atom is 0.247 e. The Morgan fingerprint density at radius 3 is 2.34 bits per heavy atom. The number of H-pyrrole nitrogens is 1. The summed E-state index contributed by atoms with van der Waals surface area (Å²) in [4.78, 5) is 69.8. The van der Waals surface area contributed by atoms with Gasteiger partial charge in [-0.3, -0.25) is 24.0 Å². The molecule has 44 heavy (non-hydrogen) atoms. The highest BCUT2D eigenvalue weighted by atomic mass is 19.1. The van der Waals surface area contributed by atoms with Crippen molar-refractivity contribution in [3.05, 3.63) is 63.8 Å². The normalized spacial score (nSPS) is 17.5. The number of pyridine rings is 1. The Kier molecular flexibility index (Phi) is 11.8. The van der Waals surface area contributed by atoms with Gasteiger partial charge in [0.15, 0.2) is 0 Å². The number of carbonyl (C=O) groups is 4. The number of aromatic nitrogens is 1. The van der Waals surface area contributed by atoms with E-state index in [0.29, 0.717) is 24.2 Å². The van der Waals surface area contributed by atoms with Crippen molar-refractivity contribution in [1.82, 2.24) is 20.1 Å². The van der Waals surface area contributed by atoms with Crippen molar-refractivity contribution in [1.29, 1.82) is 0 Å². The van der Waals surface area contributed by atoms with Gasteiger partial charge in [0.1, 0.15) is 17.6 Å². The first-order valence-electron chi connectivity index (χ1n) is 15.7. The summed E-state index contributed by atoms with van der Waals surface area (Å²) < 4.78 is 15.4. The van der Waals surface area contributed by atoms with Crippen LogP contribution >= 0.6 is 0 Å². The number of benzene rings is 1. The van der Waals surface area contributed by atoms with Gasteiger partial charge in [0.25, 0.3) is 0 Å². The second-order valence-electron chi connectivity index (χ2n) is 12.1. The number of nitrogens with one attached hydrogen (secondary N) is 3. The van der Waals surface area contributed by atoms with Gasteiger partial charge in [0, 0.05) is 70.0 Å². The molecule has 1 saturated heterocycles. The Morgan fingerprint density at radius 2 is 1.70 bits per heavy atom. The zero-order chi connectivity index (χ0) is 31.6. The molecule has 238 valence electrons. The number of likely N-dealkylation sites (N-methyl/N-ethyl adjacent to an activating group) is 1. The largest absolute Gasteiger partial charge is 0.344 e. The summed E-state index contributed by atoms with van der Waals surface area (Å²) in [6, 6.07) is 6.55. The molecule has 10 nitrogen and oxygen atoms in total. The van der Waals surface area contributed by atoms with E-state index < -0.39 is 23.7 Å². The van der Waals surface area contributed by atoms with Crippen LogP contribution in [-0.4, -0.2) is 77.6 Å². The second-order valence-corrected chi connectivity index (χ2v) is 12.1. The van der Waals surface area contributed by atoms with Crippen molar-refractivity contribution in [2.75, 3.05) is 38.5 Å². The number of hydrogen-bond acceptors (Lipinski definition) is 6. The first kappa shape index (κ1) is 33.0. The van der Waals surface area contributed by atoms with Gasteiger partial charge < -0.3 is 25.4 Å². The Morgan fingerprint density at radius 1 is 1.00 bits per heavy atom. The van der Waals surface area contributed by atoms with E-state index in [1.807, 2.05) is 7.05 Å². The summed E-state index contributed by atoms with van der Waals surface area (Å²) in [5.41, 5.74) is 0.937. The fourth-order valence-electron chi connectivity index (χ4n) is 6.10. The van der Waals surface area contributed by atoms with Crippen LogP contribution in [0, 0.1) is 17.7 Å². The summed E-state index contributed by atoms with van der Waals surface area (Å²) in [5, 5.41) is 5.52. The minimum Gasteiger partial charge on any atom is -0.344 e. The van der Waals surface area contributed by atoms with Crippen LogP contribution in [0.4, 0.5) is 10.1 Å². The van der Waals surface area contributed by atoms with Gasteiger partial charge in [-0.1, -0.05) is 38.3 Å². The number of halogens is 1. The molecule has 1 aromatic carbocycles. The van der Waals surface area contributed by atoms with E-state index >= 15 is 4.39 Å². The SMILES string of the molecule is CCC(=O)N[C@H](Cc1ccc(NC(=O)[C@@H](CC(=O)Cc2ccc(=O)[nH]c2)C2CCCCC2)c(F)c1)C(=O)N1CCN(C)CC1. The molecule has 0 radical (unpaired) electrons. The molecule has 2 aromatic rings. The molecule has 3 amide bonds. The average Bonchev–Trinajstić information content (AvgIpc) is 3.02. The topological polar surface area (TPSA) is 132 Å². The molecule has 1 aliphatic carbocycles. The highest BCUT2D eigenvalue weighted by Crippen LogP contribution is 2.33. The van der Waals surface area contributed by atoms with Crippen LogP contribution in [0.15, 0.2) is 41.3 Å². The lowest BCUT2D eigenvalue weighted by atomic mass is 9.77. The van der Waals surface area contributed by atoms with Gasteiger partial charge >= 0.3 is 0 Å². The predicted octanol–water partition coefficient (Wildman–Crippen LogP) is 3.06.